The Kier molecular flexibility index (Phi) is 3.79. The molecule has 0 aliphatic heterocycles. The van der Waals surface area contributed by atoms with Gasteiger partial charge in [0.2, 0.25) is 0 Å². The first-order valence-electron chi connectivity index (χ1n) is 5.78. The van der Waals surface area contributed by atoms with E-state index in [1.165, 1.54) is 24.4 Å². The van der Waals surface area contributed by atoms with E-state index in [2.05, 4.69) is 10.4 Å². The molecule has 0 saturated heterocycles. The van der Waals surface area contributed by atoms with E-state index < -0.39 is 17.7 Å². The quantitative estimate of drug-likeness (QED) is 0.890. The number of nitrogens with zero attached hydrogens (tertiary/aromatic N) is 2. The number of carbonyl (C=O) groups is 2. The number of rotatable bonds is 4. The molecule has 0 bridgehead atoms. The molecule has 0 atom stereocenters. The Morgan fingerprint density at radius 1 is 1.40 bits per heavy atom. The van der Waals surface area contributed by atoms with Gasteiger partial charge in [-0.15, -0.1) is 0 Å². The molecular formula is C13H12FN3O3. The monoisotopic (exact) mass is 277 g/mol. The molecule has 0 aliphatic carbocycles. The van der Waals surface area contributed by atoms with E-state index in [9.17, 15) is 14.0 Å². The van der Waals surface area contributed by atoms with Gasteiger partial charge in [0.05, 0.1) is 5.69 Å². The van der Waals surface area contributed by atoms with Crippen molar-refractivity contribution < 1.29 is 19.1 Å². The SMILES string of the molecule is Cc1ccc(F)c(NC(=O)c2ccn(CC(=O)O)n2)c1. The third kappa shape index (κ3) is 3.19. The first-order chi connectivity index (χ1) is 9.45. The summed E-state index contributed by atoms with van der Waals surface area (Å²) in [7, 11) is 0. The third-order valence-corrected chi connectivity index (χ3v) is 2.54. The number of carboxylic acids is 1. The molecule has 7 heteroatoms. The average molecular weight is 277 g/mol. The summed E-state index contributed by atoms with van der Waals surface area (Å²) in [6, 6.07) is 5.72. The Bertz CT molecular complexity index is 667. The van der Waals surface area contributed by atoms with Gasteiger partial charge in [-0.25, -0.2) is 4.39 Å². The van der Waals surface area contributed by atoms with Gasteiger partial charge in [0.25, 0.3) is 5.91 Å². The number of aliphatic carboxylic acids is 1. The fraction of sp³-hybridized carbons (Fsp3) is 0.154. The maximum atomic E-state index is 13.5. The van der Waals surface area contributed by atoms with E-state index in [1.54, 1.807) is 13.0 Å². The molecule has 0 radical (unpaired) electrons. The molecule has 0 fully saturated rings. The van der Waals surface area contributed by atoms with E-state index in [0.29, 0.717) is 0 Å². The van der Waals surface area contributed by atoms with Crippen LogP contribution in [0.1, 0.15) is 16.1 Å². The van der Waals surface area contributed by atoms with Crippen LogP contribution in [0.2, 0.25) is 0 Å². The van der Waals surface area contributed by atoms with E-state index in [4.69, 9.17) is 5.11 Å². The van der Waals surface area contributed by atoms with Crippen molar-refractivity contribution in [2.24, 2.45) is 0 Å². The summed E-state index contributed by atoms with van der Waals surface area (Å²) in [5.41, 5.74) is 0.882. The molecule has 1 aromatic carbocycles. The summed E-state index contributed by atoms with van der Waals surface area (Å²) in [4.78, 5) is 22.4. The highest BCUT2D eigenvalue weighted by Gasteiger charge is 2.13. The summed E-state index contributed by atoms with van der Waals surface area (Å²) in [5, 5.41) is 14.8. The van der Waals surface area contributed by atoms with Crippen molar-refractivity contribution >= 4 is 17.6 Å². The van der Waals surface area contributed by atoms with Crippen molar-refractivity contribution in [3.63, 3.8) is 0 Å². The lowest BCUT2D eigenvalue weighted by Crippen LogP contribution is -2.15. The van der Waals surface area contributed by atoms with Gasteiger partial charge < -0.3 is 10.4 Å². The van der Waals surface area contributed by atoms with Crippen LogP contribution in [0.3, 0.4) is 0 Å². The maximum Gasteiger partial charge on any atom is 0.325 e. The van der Waals surface area contributed by atoms with Crippen molar-refractivity contribution in [1.29, 1.82) is 0 Å². The minimum absolute atomic E-state index is 0.0205. The van der Waals surface area contributed by atoms with Gasteiger partial charge in [0.1, 0.15) is 12.4 Å². The number of hydrogen-bond donors (Lipinski definition) is 2. The van der Waals surface area contributed by atoms with Crippen LogP contribution in [0.4, 0.5) is 10.1 Å². The summed E-state index contributed by atoms with van der Waals surface area (Å²) >= 11 is 0. The van der Waals surface area contributed by atoms with Gasteiger partial charge in [-0.2, -0.15) is 5.10 Å². The zero-order valence-corrected chi connectivity index (χ0v) is 10.6. The molecule has 20 heavy (non-hydrogen) atoms. The average Bonchev–Trinajstić information content (AvgIpc) is 2.81. The fourth-order valence-electron chi connectivity index (χ4n) is 1.63. The van der Waals surface area contributed by atoms with Crippen LogP contribution in [0, 0.1) is 12.7 Å². The number of anilines is 1. The molecule has 0 aliphatic rings. The Morgan fingerprint density at radius 3 is 2.85 bits per heavy atom. The molecule has 104 valence electrons. The fourth-order valence-corrected chi connectivity index (χ4v) is 1.63. The topological polar surface area (TPSA) is 84.2 Å². The van der Waals surface area contributed by atoms with Crippen LogP contribution in [0.5, 0.6) is 0 Å². The summed E-state index contributed by atoms with van der Waals surface area (Å²) in [6.45, 7) is 1.43. The van der Waals surface area contributed by atoms with E-state index in [-0.39, 0.29) is 17.9 Å². The van der Waals surface area contributed by atoms with E-state index >= 15 is 0 Å². The molecule has 1 amide bonds. The normalized spacial score (nSPS) is 10.3. The number of aromatic nitrogens is 2. The van der Waals surface area contributed by atoms with Crippen LogP contribution in [-0.4, -0.2) is 26.8 Å². The summed E-state index contributed by atoms with van der Waals surface area (Å²) < 4.78 is 14.6. The number of nitrogens with one attached hydrogen (secondary N) is 1. The molecule has 0 unspecified atom stereocenters. The van der Waals surface area contributed by atoms with E-state index in [0.717, 1.165) is 10.2 Å². The van der Waals surface area contributed by atoms with Crippen LogP contribution >= 0.6 is 0 Å². The van der Waals surface area contributed by atoms with Crippen molar-refractivity contribution in [3.05, 3.63) is 47.5 Å². The zero-order valence-electron chi connectivity index (χ0n) is 10.6. The Hall–Kier alpha value is -2.70. The van der Waals surface area contributed by atoms with Crippen LogP contribution in [0.25, 0.3) is 0 Å². The number of halogens is 1. The molecule has 0 saturated carbocycles. The highest BCUT2D eigenvalue weighted by atomic mass is 19.1. The lowest BCUT2D eigenvalue weighted by atomic mass is 10.2. The number of aryl methyl sites for hydroxylation is 1. The smallest absolute Gasteiger partial charge is 0.325 e. The first-order valence-corrected chi connectivity index (χ1v) is 5.78. The lowest BCUT2D eigenvalue weighted by Gasteiger charge is -2.05. The number of carbonyl (C=O) groups excluding carboxylic acids is 1. The van der Waals surface area contributed by atoms with Crippen LogP contribution in [-0.2, 0) is 11.3 Å². The van der Waals surface area contributed by atoms with Gasteiger partial charge in [0, 0.05) is 6.20 Å². The van der Waals surface area contributed by atoms with Gasteiger partial charge >= 0.3 is 5.97 Å². The second-order valence-corrected chi connectivity index (χ2v) is 4.23. The molecular weight excluding hydrogens is 265 g/mol. The number of amides is 1. The van der Waals surface area contributed by atoms with Crippen molar-refractivity contribution in [1.82, 2.24) is 9.78 Å². The summed E-state index contributed by atoms with van der Waals surface area (Å²) in [6.07, 6.45) is 1.37. The standard InChI is InChI=1S/C13H12FN3O3/c1-8-2-3-9(14)11(6-8)15-13(20)10-4-5-17(16-10)7-12(18)19/h2-6H,7H2,1H3,(H,15,20)(H,18,19). The Morgan fingerprint density at radius 2 is 2.15 bits per heavy atom. The zero-order chi connectivity index (χ0) is 14.7. The van der Waals surface area contributed by atoms with Gasteiger partial charge in [-0.3, -0.25) is 14.3 Å². The summed E-state index contributed by atoms with van der Waals surface area (Å²) in [5.74, 6) is -2.21. The maximum absolute atomic E-state index is 13.5. The number of benzene rings is 1. The molecule has 1 aromatic heterocycles. The van der Waals surface area contributed by atoms with Crippen LogP contribution < -0.4 is 5.32 Å². The second-order valence-electron chi connectivity index (χ2n) is 4.23. The molecule has 0 spiro atoms. The highest BCUT2D eigenvalue weighted by molar-refractivity contribution is 6.02. The van der Waals surface area contributed by atoms with Gasteiger partial charge in [-0.05, 0) is 30.7 Å². The Labute approximate surface area is 113 Å². The number of hydrogen-bond acceptors (Lipinski definition) is 3. The minimum atomic E-state index is -1.07. The van der Waals surface area contributed by atoms with E-state index in [1.807, 2.05) is 0 Å². The highest BCUT2D eigenvalue weighted by Crippen LogP contribution is 2.16. The van der Waals surface area contributed by atoms with Gasteiger partial charge in [0.15, 0.2) is 5.69 Å². The lowest BCUT2D eigenvalue weighted by molar-refractivity contribution is -0.137. The molecule has 2 aromatic rings. The molecule has 6 nitrogen and oxygen atoms in total. The molecule has 2 rings (SSSR count). The molecule has 2 N–H and O–H groups in total. The van der Waals surface area contributed by atoms with Crippen LogP contribution in [0.15, 0.2) is 30.5 Å². The predicted molar refractivity (Wildman–Crippen MR) is 69.0 cm³/mol. The van der Waals surface area contributed by atoms with Gasteiger partial charge in [-0.1, -0.05) is 6.07 Å². The first kappa shape index (κ1) is 13.7. The third-order valence-electron chi connectivity index (χ3n) is 2.54. The largest absolute Gasteiger partial charge is 0.480 e. The second kappa shape index (κ2) is 5.52. The minimum Gasteiger partial charge on any atom is -0.480 e. The van der Waals surface area contributed by atoms with Crippen molar-refractivity contribution in [3.8, 4) is 0 Å². The van der Waals surface area contributed by atoms with Crippen molar-refractivity contribution in [2.75, 3.05) is 5.32 Å². The van der Waals surface area contributed by atoms with Crippen molar-refractivity contribution in [2.45, 2.75) is 13.5 Å². The molecule has 1 heterocycles. The predicted octanol–water partition coefficient (Wildman–Crippen LogP) is 1.67. The number of carboxylic acid groups (broad SMARTS) is 1. The Balaban J connectivity index is 2.13.